The summed E-state index contributed by atoms with van der Waals surface area (Å²) in [7, 11) is 0. The minimum Gasteiger partial charge on any atom is -0.477 e. The van der Waals surface area contributed by atoms with Crippen molar-refractivity contribution in [3.63, 3.8) is 0 Å². The summed E-state index contributed by atoms with van der Waals surface area (Å²) in [6.07, 6.45) is 1.59. The molecule has 0 bridgehead atoms. The van der Waals surface area contributed by atoms with E-state index in [4.69, 9.17) is 5.11 Å². The lowest BCUT2D eigenvalue weighted by atomic mass is 10.1. The number of carboxylic acids is 1. The molecule has 3 aromatic rings. The molecule has 0 spiro atoms. The van der Waals surface area contributed by atoms with Crippen molar-refractivity contribution in [2.45, 2.75) is 19.8 Å². The van der Waals surface area contributed by atoms with Crippen molar-refractivity contribution in [3.8, 4) is 5.82 Å². The van der Waals surface area contributed by atoms with E-state index < -0.39 is 5.97 Å². The Morgan fingerprint density at radius 3 is 2.85 bits per heavy atom. The van der Waals surface area contributed by atoms with Crippen molar-refractivity contribution in [2.75, 3.05) is 0 Å². The predicted octanol–water partition coefficient (Wildman–Crippen LogP) is 2.70. The van der Waals surface area contributed by atoms with Crippen LogP contribution >= 0.6 is 11.3 Å². The number of aromatic carboxylic acids is 1. The molecule has 102 valence electrons. The van der Waals surface area contributed by atoms with E-state index in [1.54, 1.807) is 29.1 Å². The first kappa shape index (κ1) is 12.7. The fourth-order valence-corrected chi connectivity index (χ4v) is 2.99. The van der Waals surface area contributed by atoms with E-state index in [1.165, 1.54) is 11.3 Å². The van der Waals surface area contributed by atoms with Crippen LogP contribution in [0.5, 0.6) is 0 Å². The SMILES string of the molecule is CC(C)c1nn(-c2cccnn2)c2sc(C(=O)O)cc12. The first-order valence-electron chi connectivity index (χ1n) is 6.11. The zero-order valence-corrected chi connectivity index (χ0v) is 11.8. The topological polar surface area (TPSA) is 80.9 Å². The molecule has 3 aromatic heterocycles. The molecule has 1 N–H and O–H groups in total. The quantitative estimate of drug-likeness (QED) is 0.801. The Morgan fingerprint density at radius 2 is 2.25 bits per heavy atom. The van der Waals surface area contributed by atoms with Crippen LogP contribution in [0.2, 0.25) is 0 Å². The highest BCUT2D eigenvalue weighted by atomic mass is 32.1. The van der Waals surface area contributed by atoms with Crippen molar-refractivity contribution in [2.24, 2.45) is 0 Å². The highest BCUT2D eigenvalue weighted by Gasteiger charge is 2.20. The van der Waals surface area contributed by atoms with Crippen LogP contribution in [-0.4, -0.2) is 31.1 Å². The number of hydrogen-bond acceptors (Lipinski definition) is 5. The molecule has 0 saturated carbocycles. The van der Waals surface area contributed by atoms with Gasteiger partial charge in [0, 0.05) is 11.6 Å². The van der Waals surface area contributed by atoms with E-state index in [1.807, 2.05) is 13.8 Å². The van der Waals surface area contributed by atoms with Crippen LogP contribution in [0, 0.1) is 0 Å². The number of fused-ring (bicyclic) bond motifs is 1. The number of carbonyl (C=O) groups is 1. The van der Waals surface area contributed by atoms with Gasteiger partial charge in [0.2, 0.25) is 0 Å². The number of carboxylic acid groups (broad SMARTS) is 1. The van der Waals surface area contributed by atoms with Crippen LogP contribution in [-0.2, 0) is 0 Å². The molecule has 20 heavy (non-hydrogen) atoms. The van der Waals surface area contributed by atoms with Gasteiger partial charge in [0.1, 0.15) is 9.71 Å². The van der Waals surface area contributed by atoms with Gasteiger partial charge < -0.3 is 5.11 Å². The van der Waals surface area contributed by atoms with Gasteiger partial charge in [-0.25, -0.2) is 9.48 Å². The van der Waals surface area contributed by atoms with Crippen molar-refractivity contribution >= 4 is 27.5 Å². The van der Waals surface area contributed by atoms with E-state index in [0.29, 0.717) is 10.7 Å². The number of rotatable bonds is 3. The molecule has 0 aliphatic carbocycles. The van der Waals surface area contributed by atoms with Crippen LogP contribution in [0.3, 0.4) is 0 Å². The molecular formula is C13H12N4O2S. The monoisotopic (exact) mass is 288 g/mol. The minimum absolute atomic E-state index is 0.201. The van der Waals surface area contributed by atoms with Crippen LogP contribution in [0.1, 0.15) is 35.1 Å². The summed E-state index contributed by atoms with van der Waals surface area (Å²) in [5, 5.41) is 22.4. The molecule has 6 nitrogen and oxygen atoms in total. The number of aromatic nitrogens is 4. The van der Waals surface area contributed by atoms with Crippen LogP contribution in [0.25, 0.3) is 16.0 Å². The lowest BCUT2D eigenvalue weighted by Crippen LogP contribution is -2.01. The van der Waals surface area contributed by atoms with Gasteiger partial charge in [-0.15, -0.1) is 16.4 Å². The molecule has 7 heteroatoms. The second kappa shape index (κ2) is 4.68. The molecule has 0 saturated heterocycles. The molecule has 0 aliphatic heterocycles. The molecule has 0 amide bonds. The Bertz CT molecular complexity index is 776. The Kier molecular flexibility index (Phi) is 2.98. The lowest BCUT2D eigenvalue weighted by molar-refractivity contribution is 0.0702. The Morgan fingerprint density at radius 1 is 1.45 bits per heavy atom. The summed E-state index contributed by atoms with van der Waals surface area (Å²) in [5.41, 5.74) is 0.870. The largest absolute Gasteiger partial charge is 0.477 e. The van der Waals surface area contributed by atoms with Gasteiger partial charge in [-0.3, -0.25) is 0 Å². The van der Waals surface area contributed by atoms with Crippen LogP contribution in [0.4, 0.5) is 0 Å². The van der Waals surface area contributed by atoms with Gasteiger partial charge in [0.05, 0.1) is 5.69 Å². The third kappa shape index (κ3) is 1.96. The molecule has 0 aromatic carbocycles. The van der Waals surface area contributed by atoms with E-state index in [9.17, 15) is 4.79 Å². The number of hydrogen-bond donors (Lipinski definition) is 1. The van der Waals surface area contributed by atoms with Gasteiger partial charge >= 0.3 is 5.97 Å². The van der Waals surface area contributed by atoms with Crippen molar-refractivity contribution in [1.29, 1.82) is 0 Å². The summed E-state index contributed by atoms with van der Waals surface area (Å²) < 4.78 is 1.66. The molecule has 0 atom stereocenters. The van der Waals surface area contributed by atoms with Crippen molar-refractivity contribution in [3.05, 3.63) is 35.0 Å². The van der Waals surface area contributed by atoms with Crippen LogP contribution < -0.4 is 0 Å². The highest BCUT2D eigenvalue weighted by Crippen LogP contribution is 2.33. The third-order valence-electron chi connectivity index (χ3n) is 2.92. The molecule has 0 unspecified atom stereocenters. The normalized spacial score (nSPS) is 11.3. The predicted molar refractivity (Wildman–Crippen MR) is 75.6 cm³/mol. The molecule has 3 rings (SSSR count). The van der Waals surface area contributed by atoms with E-state index in [0.717, 1.165) is 15.9 Å². The summed E-state index contributed by atoms with van der Waals surface area (Å²) >= 11 is 1.20. The van der Waals surface area contributed by atoms with Crippen LogP contribution in [0.15, 0.2) is 24.4 Å². The average Bonchev–Trinajstić information content (AvgIpc) is 2.97. The second-order valence-corrected chi connectivity index (χ2v) is 5.70. The molecular weight excluding hydrogens is 276 g/mol. The van der Waals surface area contributed by atoms with Crippen molar-refractivity contribution < 1.29 is 9.90 Å². The summed E-state index contributed by atoms with van der Waals surface area (Å²) in [6, 6.07) is 5.25. The molecule has 0 radical (unpaired) electrons. The van der Waals surface area contributed by atoms with Gasteiger partial charge in [-0.1, -0.05) is 13.8 Å². The Labute approximate surface area is 118 Å². The first-order valence-corrected chi connectivity index (χ1v) is 6.93. The summed E-state index contributed by atoms with van der Waals surface area (Å²) in [5.74, 6) is -0.138. The maximum atomic E-state index is 11.2. The first-order chi connectivity index (χ1) is 9.58. The Hall–Kier alpha value is -2.28. The third-order valence-corrected chi connectivity index (χ3v) is 4.02. The molecule has 3 heterocycles. The maximum Gasteiger partial charge on any atom is 0.345 e. The zero-order valence-electron chi connectivity index (χ0n) is 10.9. The molecule has 0 aliphatic rings. The minimum atomic E-state index is -0.924. The van der Waals surface area contributed by atoms with E-state index >= 15 is 0 Å². The van der Waals surface area contributed by atoms with Gasteiger partial charge in [-0.05, 0) is 24.1 Å². The fraction of sp³-hybridized carbons (Fsp3) is 0.231. The van der Waals surface area contributed by atoms with E-state index in [2.05, 4.69) is 15.3 Å². The highest BCUT2D eigenvalue weighted by molar-refractivity contribution is 7.20. The lowest BCUT2D eigenvalue weighted by Gasteiger charge is -2.01. The summed E-state index contributed by atoms with van der Waals surface area (Å²) in [4.78, 5) is 12.2. The van der Waals surface area contributed by atoms with Gasteiger partial charge in [0.15, 0.2) is 5.82 Å². The Balaban J connectivity index is 2.29. The number of nitrogens with zero attached hydrogens (tertiary/aromatic N) is 4. The number of thiophene rings is 1. The second-order valence-electron chi connectivity index (χ2n) is 4.67. The average molecular weight is 288 g/mol. The van der Waals surface area contributed by atoms with Crippen molar-refractivity contribution in [1.82, 2.24) is 20.0 Å². The zero-order chi connectivity index (χ0) is 14.3. The maximum absolute atomic E-state index is 11.2. The fourth-order valence-electron chi connectivity index (χ4n) is 2.02. The van der Waals surface area contributed by atoms with E-state index in [-0.39, 0.29) is 5.92 Å². The van der Waals surface area contributed by atoms with Gasteiger partial charge in [-0.2, -0.15) is 10.2 Å². The van der Waals surface area contributed by atoms with Gasteiger partial charge in [0.25, 0.3) is 0 Å². The smallest absolute Gasteiger partial charge is 0.345 e. The standard InChI is InChI=1S/C13H12N4O2S/c1-7(2)11-8-6-9(13(18)19)20-12(8)17(16-11)10-4-3-5-14-15-10/h3-7H,1-2H3,(H,18,19). The molecule has 0 fully saturated rings. The summed E-state index contributed by atoms with van der Waals surface area (Å²) in [6.45, 7) is 4.06.